The van der Waals surface area contributed by atoms with Gasteiger partial charge in [-0.05, 0) is 72.6 Å². The maximum atomic E-state index is 12.9. The minimum absolute atomic E-state index is 0.00490. The molecule has 3 N–H and O–H groups in total. The van der Waals surface area contributed by atoms with Gasteiger partial charge in [-0.25, -0.2) is 9.78 Å². The highest BCUT2D eigenvalue weighted by atomic mass is 16.5. The molecule has 2 aromatic rings. The molecule has 4 heterocycles. The van der Waals surface area contributed by atoms with Crippen molar-refractivity contribution in [2.75, 3.05) is 67.6 Å². The molecule has 6 rings (SSSR count). The van der Waals surface area contributed by atoms with Crippen molar-refractivity contribution in [1.82, 2.24) is 9.88 Å². The van der Waals surface area contributed by atoms with E-state index in [2.05, 4.69) is 53.2 Å². The van der Waals surface area contributed by atoms with Crippen molar-refractivity contribution < 1.29 is 9.53 Å². The first-order valence-corrected chi connectivity index (χ1v) is 13.5. The number of morpholine rings is 1. The molecular formula is C28H38N6O2. The van der Waals surface area contributed by atoms with E-state index in [0.29, 0.717) is 11.8 Å². The van der Waals surface area contributed by atoms with Gasteiger partial charge in [0.2, 0.25) is 0 Å². The van der Waals surface area contributed by atoms with Crippen LogP contribution < -0.4 is 20.9 Å². The highest BCUT2D eigenvalue weighted by Crippen LogP contribution is 2.48. The van der Waals surface area contributed by atoms with Crippen molar-refractivity contribution in [3.05, 3.63) is 35.9 Å². The Labute approximate surface area is 213 Å². The summed E-state index contributed by atoms with van der Waals surface area (Å²) >= 11 is 0. The van der Waals surface area contributed by atoms with Crippen molar-refractivity contribution in [2.24, 2.45) is 17.6 Å². The van der Waals surface area contributed by atoms with E-state index in [0.717, 1.165) is 100 Å². The Morgan fingerprint density at radius 3 is 2.61 bits per heavy atom. The van der Waals surface area contributed by atoms with E-state index in [1.807, 2.05) is 11.0 Å². The molecule has 0 radical (unpaired) electrons. The molecule has 36 heavy (non-hydrogen) atoms. The Hall–Kier alpha value is -2.84. The van der Waals surface area contributed by atoms with Crippen LogP contribution in [0.15, 0.2) is 30.3 Å². The lowest BCUT2D eigenvalue weighted by Crippen LogP contribution is -2.37. The molecule has 2 amide bonds. The summed E-state index contributed by atoms with van der Waals surface area (Å²) in [6.07, 6.45) is 3.34. The van der Waals surface area contributed by atoms with Crippen LogP contribution in [0, 0.1) is 18.8 Å². The topological polar surface area (TPSA) is 87.0 Å². The van der Waals surface area contributed by atoms with Crippen LogP contribution in [0.3, 0.4) is 0 Å². The van der Waals surface area contributed by atoms with Crippen molar-refractivity contribution in [3.63, 3.8) is 0 Å². The Bertz CT molecular complexity index is 1150. The molecule has 3 saturated heterocycles. The molecule has 4 aliphatic rings. The molecule has 1 aromatic heterocycles. The number of likely N-dealkylation sites (tertiary alicyclic amines) is 1. The fraction of sp³-hybridized carbons (Fsp3) is 0.571. The molecular weight excluding hydrogens is 452 g/mol. The standard InChI is InChI=1S/C28H38N6O2/c1-3-20-6-7-33(16-20)27(35)30-23-5-4-19(2)24(14-23)21-12-25(32-8-10-36-11-9-32)31-26(13-21)34-17-22-15-28(22,29)18-34/h4-5,12-14,20,22H,3,6-11,15-18,29H2,1-2H3,(H,30,35)/t20-,22?,28-/m1/s1. The molecule has 8 heteroatoms. The third-order valence-corrected chi connectivity index (χ3v) is 8.61. The summed E-state index contributed by atoms with van der Waals surface area (Å²) in [5.41, 5.74) is 10.7. The lowest BCUT2D eigenvalue weighted by Gasteiger charge is -2.30. The van der Waals surface area contributed by atoms with E-state index in [-0.39, 0.29) is 11.6 Å². The van der Waals surface area contributed by atoms with Crippen LogP contribution in [-0.4, -0.2) is 73.9 Å². The summed E-state index contributed by atoms with van der Waals surface area (Å²) in [5, 5.41) is 3.15. The molecule has 3 aliphatic heterocycles. The highest BCUT2D eigenvalue weighted by Gasteiger charge is 2.57. The zero-order valence-electron chi connectivity index (χ0n) is 21.5. The Kier molecular flexibility index (Phi) is 6.04. The number of aromatic nitrogens is 1. The minimum Gasteiger partial charge on any atom is -0.378 e. The maximum absolute atomic E-state index is 12.9. The van der Waals surface area contributed by atoms with Crippen LogP contribution >= 0.6 is 0 Å². The number of nitrogens with one attached hydrogen (secondary N) is 1. The van der Waals surface area contributed by atoms with E-state index in [1.165, 1.54) is 5.56 Å². The SMILES string of the molecule is CC[C@@H]1CCN(C(=O)Nc2ccc(C)c(-c3cc(N4CCOCC4)nc(N4CC5C[C@@]5(N)C4)c3)c2)C1. The van der Waals surface area contributed by atoms with E-state index >= 15 is 0 Å². The lowest BCUT2D eigenvalue weighted by atomic mass is 10.00. The van der Waals surface area contributed by atoms with Gasteiger partial charge in [-0.15, -0.1) is 0 Å². The first-order valence-electron chi connectivity index (χ1n) is 13.5. The van der Waals surface area contributed by atoms with Gasteiger partial charge < -0.3 is 30.5 Å². The zero-order valence-corrected chi connectivity index (χ0v) is 21.5. The number of hydrogen-bond acceptors (Lipinski definition) is 6. The maximum Gasteiger partial charge on any atom is 0.321 e. The number of hydrogen-bond donors (Lipinski definition) is 2. The molecule has 0 spiro atoms. The van der Waals surface area contributed by atoms with Gasteiger partial charge in [0, 0.05) is 50.5 Å². The van der Waals surface area contributed by atoms with Crippen LogP contribution in [0.4, 0.5) is 22.1 Å². The monoisotopic (exact) mass is 490 g/mol. The first-order chi connectivity index (χ1) is 17.4. The average molecular weight is 491 g/mol. The number of urea groups is 1. The molecule has 1 aliphatic carbocycles. The normalized spacial score (nSPS) is 27.4. The van der Waals surface area contributed by atoms with E-state index in [9.17, 15) is 4.79 Å². The molecule has 0 bridgehead atoms. The van der Waals surface area contributed by atoms with Gasteiger partial charge in [0.1, 0.15) is 11.6 Å². The third kappa shape index (κ3) is 4.52. The van der Waals surface area contributed by atoms with Crippen LogP contribution in [0.5, 0.6) is 0 Å². The van der Waals surface area contributed by atoms with Gasteiger partial charge >= 0.3 is 6.03 Å². The minimum atomic E-state index is -0.0384. The number of benzene rings is 1. The summed E-state index contributed by atoms with van der Waals surface area (Å²) in [6.45, 7) is 10.9. The molecule has 4 fully saturated rings. The number of carbonyl (C=O) groups excluding carboxylic acids is 1. The molecule has 3 atom stereocenters. The lowest BCUT2D eigenvalue weighted by molar-refractivity contribution is 0.122. The van der Waals surface area contributed by atoms with Crippen molar-refractivity contribution >= 4 is 23.4 Å². The molecule has 192 valence electrons. The van der Waals surface area contributed by atoms with Crippen molar-refractivity contribution in [3.8, 4) is 11.1 Å². The van der Waals surface area contributed by atoms with E-state index in [1.54, 1.807) is 0 Å². The van der Waals surface area contributed by atoms with Gasteiger partial charge in [-0.3, -0.25) is 0 Å². The van der Waals surface area contributed by atoms with Gasteiger partial charge in [0.05, 0.1) is 13.2 Å². The van der Waals surface area contributed by atoms with Gasteiger partial charge in [-0.1, -0.05) is 19.4 Å². The molecule has 1 unspecified atom stereocenters. The third-order valence-electron chi connectivity index (χ3n) is 8.61. The molecule has 1 saturated carbocycles. The van der Waals surface area contributed by atoms with Crippen LogP contribution in [0.1, 0.15) is 31.7 Å². The zero-order chi connectivity index (χ0) is 24.9. The number of pyridine rings is 1. The van der Waals surface area contributed by atoms with Crippen molar-refractivity contribution in [1.29, 1.82) is 0 Å². The molecule has 1 aromatic carbocycles. The predicted octanol–water partition coefficient (Wildman–Crippen LogP) is 3.69. The summed E-state index contributed by atoms with van der Waals surface area (Å²) < 4.78 is 5.59. The number of rotatable bonds is 5. The average Bonchev–Trinajstić information content (AvgIpc) is 3.22. The second-order valence-corrected chi connectivity index (χ2v) is 11.2. The number of ether oxygens (including phenoxy) is 1. The van der Waals surface area contributed by atoms with Crippen LogP contribution in [-0.2, 0) is 4.74 Å². The number of nitrogens with two attached hydrogens (primary N) is 1. The Morgan fingerprint density at radius 1 is 1.14 bits per heavy atom. The predicted molar refractivity (Wildman–Crippen MR) is 144 cm³/mol. The largest absolute Gasteiger partial charge is 0.378 e. The quantitative estimate of drug-likeness (QED) is 0.665. The molecule has 8 nitrogen and oxygen atoms in total. The van der Waals surface area contributed by atoms with Gasteiger partial charge in [-0.2, -0.15) is 0 Å². The summed E-state index contributed by atoms with van der Waals surface area (Å²) in [5.74, 6) is 3.16. The van der Waals surface area contributed by atoms with Crippen molar-refractivity contribution in [2.45, 2.75) is 38.6 Å². The number of aryl methyl sites for hydroxylation is 1. The number of nitrogens with zero attached hydrogens (tertiary/aromatic N) is 4. The van der Waals surface area contributed by atoms with Gasteiger partial charge in [0.25, 0.3) is 0 Å². The first kappa shape index (κ1) is 23.6. The second kappa shape index (κ2) is 9.23. The smallest absolute Gasteiger partial charge is 0.321 e. The second-order valence-electron chi connectivity index (χ2n) is 11.2. The van der Waals surface area contributed by atoms with Gasteiger partial charge in [0.15, 0.2) is 0 Å². The number of amides is 2. The Morgan fingerprint density at radius 2 is 1.92 bits per heavy atom. The fourth-order valence-electron chi connectivity index (χ4n) is 6.04. The summed E-state index contributed by atoms with van der Waals surface area (Å²) in [6, 6.07) is 10.6. The summed E-state index contributed by atoms with van der Waals surface area (Å²) in [7, 11) is 0. The highest BCUT2D eigenvalue weighted by molar-refractivity contribution is 5.91. The van der Waals surface area contributed by atoms with Crippen LogP contribution in [0.2, 0.25) is 0 Å². The number of anilines is 3. The Balaban J connectivity index is 1.30. The number of carbonyl (C=O) groups is 1. The van der Waals surface area contributed by atoms with E-state index < -0.39 is 0 Å². The summed E-state index contributed by atoms with van der Waals surface area (Å²) in [4.78, 5) is 24.6. The van der Waals surface area contributed by atoms with Crippen LogP contribution in [0.25, 0.3) is 11.1 Å². The fourth-order valence-corrected chi connectivity index (χ4v) is 6.04. The number of piperidine rings is 1. The number of fused-ring (bicyclic) bond motifs is 1. The van der Waals surface area contributed by atoms with E-state index in [4.69, 9.17) is 15.5 Å².